The van der Waals surface area contributed by atoms with Crippen LogP contribution in [0.3, 0.4) is 0 Å². The minimum absolute atomic E-state index is 0.141. The smallest absolute Gasteiger partial charge is 0.339 e. The second-order valence-corrected chi connectivity index (χ2v) is 9.47. The molecule has 1 aliphatic rings. The van der Waals surface area contributed by atoms with E-state index < -0.39 is 12.1 Å². The Kier molecular flexibility index (Phi) is 7.48. The molecule has 1 amide bonds. The van der Waals surface area contributed by atoms with E-state index in [0.717, 1.165) is 30.5 Å². The van der Waals surface area contributed by atoms with Crippen LogP contribution in [-0.2, 0) is 22.4 Å². The molecular weight excluding hydrogens is 446 g/mol. The van der Waals surface area contributed by atoms with Crippen molar-refractivity contribution in [2.24, 2.45) is 0 Å². The number of carbonyl (C=O) groups is 3. The van der Waals surface area contributed by atoms with Gasteiger partial charge in [-0.25, -0.2) is 4.79 Å². The van der Waals surface area contributed by atoms with Gasteiger partial charge in [0.15, 0.2) is 6.10 Å². The van der Waals surface area contributed by atoms with Crippen molar-refractivity contribution in [3.05, 3.63) is 94.5 Å². The largest absolute Gasteiger partial charge is 0.451 e. The van der Waals surface area contributed by atoms with Crippen molar-refractivity contribution in [2.75, 3.05) is 11.1 Å². The Hall–Kier alpha value is -3.38. The van der Waals surface area contributed by atoms with E-state index in [-0.39, 0.29) is 17.4 Å². The molecule has 6 heteroatoms. The molecule has 0 unspecified atom stereocenters. The van der Waals surface area contributed by atoms with Crippen LogP contribution in [0.4, 0.5) is 5.69 Å². The monoisotopic (exact) mass is 473 g/mol. The predicted molar refractivity (Wildman–Crippen MR) is 135 cm³/mol. The zero-order valence-corrected chi connectivity index (χ0v) is 20.1. The molecule has 1 N–H and O–H groups in total. The van der Waals surface area contributed by atoms with E-state index in [9.17, 15) is 14.4 Å². The van der Waals surface area contributed by atoms with Gasteiger partial charge in [-0.2, -0.15) is 0 Å². The topological polar surface area (TPSA) is 72.5 Å². The Morgan fingerprint density at radius 2 is 1.71 bits per heavy atom. The fraction of sp³-hybridized carbons (Fsp3) is 0.250. The van der Waals surface area contributed by atoms with Crippen LogP contribution >= 0.6 is 11.8 Å². The highest BCUT2D eigenvalue weighted by Gasteiger charge is 2.23. The van der Waals surface area contributed by atoms with Crippen LogP contribution in [0.15, 0.2) is 71.6 Å². The van der Waals surface area contributed by atoms with Crippen molar-refractivity contribution in [3.63, 3.8) is 0 Å². The van der Waals surface area contributed by atoms with Gasteiger partial charge in [0.1, 0.15) is 0 Å². The lowest BCUT2D eigenvalue weighted by atomic mass is 10.0. The lowest BCUT2D eigenvalue weighted by molar-refractivity contribution is -0.113. The maximum Gasteiger partial charge on any atom is 0.339 e. The zero-order chi connectivity index (χ0) is 24.1. The SMILES string of the molecule is Cc1ccc(NC(=O)CSc2ccccc2C(=O)O[C@H](C)C(=O)c2ccc3c(c2)CCC3)cc1. The predicted octanol–water partition coefficient (Wildman–Crippen LogP) is 5.64. The van der Waals surface area contributed by atoms with Crippen LogP contribution in [0.2, 0.25) is 0 Å². The Balaban J connectivity index is 1.37. The number of Topliss-reactive ketones (excluding diaryl/α,β-unsaturated/α-hetero) is 1. The molecule has 1 aliphatic carbocycles. The summed E-state index contributed by atoms with van der Waals surface area (Å²) in [4.78, 5) is 38.7. The summed E-state index contributed by atoms with van der Waals surface area (Å²) >= 11 is 1.25. The fourth-order valence-corrected chi connectivity index (χ4v) is 4.82. The highest BCUT2D eigenvalue weighted by Crippen LogP contribution is 2.26. The summed E-state index contributed by atoms with van der Waals surface area (Å²) in [5.41, 5.74) is 5.24. The standard InChI is InChI=1S/C28H27NO4S/c1-18-10-14-23(15-11-18)29-26(30)17-34-25-9-4-3-8-24(25)28(32)33-19(2)27(31)22-13-12-20-6-5-7-21(20)16-22/h3-4,8-16,19H,5-7,17H2,1-2H3,(H,29,30)/t19-/m1/s1. The molecule has 0 aliphatic heterocycles. The second kappa shape index (κ2) is 10.7. The van der Waals surface area contributed by atoms with Crippen molar-refractivity contribution < 1.29 is 19.1 Å². The van der Waals surface area contributed by atoms with E-state index in [0.29, 0.717) is 16.0 Å². The van der Waals surface area contributed by atoms with E-state index in [1.165, 1.54) is 22.9 Å². The van der Waals surface area contributed by atoms with Crippen LogP contribution in [0.25, 0.3) is 0 Å². The van der Waals surface area contributed by atoms with E-state index in [1.54, 1.807) is 31.2 Å². The molecule has 5 nitrogen and oxygen atoms in total. The summed E-state index contributed by atoms with van der Waals surface area (Å²) < 4.78 is 5.52. The lowest BCUT2D eigenvalue weighted by Crippen LogP contribution is -2.25. The van der Waals surface area contributed by atoms with Gasteiger partial charge in [-0.3, -0.25) is 9.59 Å². The third-order valence-corrected chi connectivity index (χ3v) is 6.91. The average molecular weight is 474 g/mol. The number of ketones is 1. The van der Waals surface area contributed by atoms with Gasteiger partial charge in [-0.15, -0.1) is 11.8 Å². The molecule has 0 fully saturated rings. The van der Waals surface area contributed by atoms with E-state index in [1.807, 2.05) is 49.4 Å². The Labute approximate surface area is 203 Å². The minimum atomic E-state index is -0.908. The molecule has 0 saturated carbocycles. The number of ether oxygens (including phenoxy) is 1. The van der Waals surface area contributed by atoms with E-state index >= 15 is 0 Å². The molecule has 0 radical (unpaired) electrons. The van der Waals surface area contributed by atoms with Crippen LogP contribution in [-0.4, -0.2) is 29.5 Å². The number of nitrogens with one attached hydrogen (secondary N) is 1. The second-order valence-electron chi connectivity index (χ2n) is 8.45. The van der Waals surface area contributed by atoms with E-state index in [4.69, 9.17) is 4.74 Å². The number of carbonyl (C=O) groups excluding carboxylic acids is 3. The van der Waals surface area contributed by atoms with Crippen molar-refractivity contribution >= 4 is 35.1 Å². The zero-order valence-electron chi connectivity index (χ0n) is 19.3. The number of amides is 1. The molecule has 3 aromatic rings. The first-order chi connectivity index (χ1) is 16.4. The normalized spacial score (nSPS) is 13.1. The third-order valence-electron chi connectivity index (χ3n) is 5.84. The first-order valence-corrected chi connectivity index (χ1v) is 12.3. The number of anilines is 1. The molecule has 0 aromatic heterocycles. The molecule has 0 bridgehead atoms. The quantitative estimate of drug-likeness (QED) is 0.260. The van der Waals surface area contributed by atoms with Gasteiger partial charge in [0.2, 0.25) is 11.7 Å². The summed E-state index contributed by atoms with van der Waals surface area (Å²) in [6, 6.07) is 20.2. The Morgan fingerprint density at radius 1 is 0.971 bits per heavy atom. The summed E-state index contributed by atoms with van der Waals surface area (Å²) in [6.07, 6.45) is 2.22. The summed E-state index contributed by atoms with van der Waals surface area (Å²) in [6.45, 7) is 3.58. The maximum atomic E-state index is 12.9. The van der Waals surface area contributed by atoms with Gasteiger partial charge in [-0.1, -0.05) is 42.0 Å². The fourth-order valence-electron chi connectivity index (χ4n) is 3.98. The number of hydrogen-bond acceptors (Lipinski definition) is 5. The first-order valence-electron chi connectivity index (χ1n) is 11.4. The maximum absolute atomic E-state index is 12.9. The number of esters is 1. The highest BCUT2D eigenvalue weighted by atomic mass is 32.2. The highest BCUT2D eigenvalue weighted by molar-refractivity contribution is 8.00. The molecule has 4 rings (SSSR count). The van der Waals surface area contributed by atoms with Gasteiger partial charge in [0.25, 0.3) is 0 Å². The first kappa shape index (κ1) is 23.8. The van der Waals surface area contributed by atoms with Crippen LogP contribution < -0.4 is 5.32 Å². The molecular formula is C28H27NO4S. The molecule has 0 spiro atoms. The van der Waals surface area contributed by atoms with Crippen molar-refractivity contribution in [2.45, 2.75) is 44.1 Å². The number of hydrogen-bond donors (Lipinski definition) is 1. The molecule has 174 valence electrons. The third kappa shape index (κ3) is 5.75. The van der Waals surface area contributed by atoms with Gasteiger partial charge in [-0.05, 0) is 74.6 Å². The molecule has 0 heterocycles. The molecule has 34 heavy (non-hydrogen) atoms. The van der Waals surface area contributed by atoms with Crippen molar-refractivity contribution in [3.8, 4) is 0 Å². The number of thioether (sulfide) groups is 1. The summed E-state index contributed by atoms with van der Waals surface area (Å²) in [5.74, 6) is -0.825. The molecule has 1 atom stereocenters. The van der Waals surface area contributed by atoms with Gasteiger partial charge >= 0.3 is 5.97 Å². The van der Waals surface area contributed by atoms with E-state index in [2.05, 4.69) is 5.32 Å². The number of aryl methyl sites for hydroxylation is 3. The van der Waals surface area contributed by atoms with Gasteiger partial charge in [0.05, 0.1) is 11.3 Å². The minimum Gasteiger partial charge on any atom is -0.451 e. The van der Waals surface area contributed by atoms with Crippen molar-refractivity contribution in [1.29, 1.82) is 0 Å². The number of benzene rings is 3. The number of rotatable bonds is 8. The molecule has 0 saturated heterocycles. The lowest BCUT2D eigenvalue weighted by Gasteiger charge is -2.15. The van der Waals surface area contributed by atoms with Gasteiger partial charge < -0.3 is 10.1 Å². The average Bonchev–Trinajstić information content (AvgIpc) is 3.32. The Morgan fingerprint density at radius 3 is 2.50 bits per heavy atom. The van der Waals surface area contributed by atoms with Crippen molar-refractivity contribution in [1.82, 2.24) is 0 Å². The Bertz CT molecular complexity index is 1220. The summed E-state index contributed by atoms with van der Waals surface area (Å²) in [7, 11) is 0. The van der Waals surface area contributed by atoms with Gasteiger partial charge in [0, 0.05) is 16.1 Å². The number of fused-ring (bicyclic) bond motifs is 1. The molecule has 3 aromatic carbocycles. The van der Waals surface area contributed by atoms with Crippen LogP contribution in [0.1, 0.15) is 50.8 Å². The van der Waals surface area contributed by atoms with Crippen LogP contribution in [0, 0.1) is 6.92 Å². The van der Waals surface area contributed by atoms with Crippen LogP contribution in [0.5, 0.6) is 0 Å². The summed E-state index contributed by atoms with van der Waals surface area (Å²) in [5, 5.41) is 2.85.